The molecule has 1 atom stereocenters. The topological polar surface area (TPSA) is 93.0 Å². The number of likely N-dealkylation sites (tertiary alicyclic amines) is 2. The number of rotatable bonds is 9. The van der Waals surface area contributed by atoms with E-state index < -0.39 is 0 Å². The van der Waals surface area contributed by atoms with Crippen molar-refractivity contribution in [1.29, 1.82) is 0 Å². The van der Waals surface area contributed by atoms with Crippen LogP contribution in [0.15, 0.2) is 22.7 Å². The largest absolute Gasteiger partial charge is 0.493 e. The summed E-state index contributed by atoms with van der Waals surface area (Å²) in [6.45, 7) is 7.40. The molecule has 0 spiro atoms. The number of hydrogen-bond donors (Lipinski definition) is 1. The van der Waals surface area contributed by atoms with Crippen molar-refractivity contribution in [2.45, 2.75) is 51.6 Å². The number of carbonyl (C=O) groups is 1. The fraction of sp³-hybridized carbons (Fsp3) is 0.640. The molecule has 1 unspecified atom stereocenters. The molecule has 9 heteroatoms. The Balaban J connectivity index is 1.21. The number of benzene rings is 1. The molecule has 1 aromatic heterocycles. The van der Waals surface area contributed by atoms with Gasteiger partial charge >= 0.3 is 0 Å². The minimum absolute atomic E-state index is 0.0834. The third-order valence-corrected chi connectivity index (χ3v) is 7.07. The highest BCUT2D eigenvalue weighted by Crippen LogP contribution is 2.31. The first kappa shape index (κ1) is 24.5. The molecule has 0 bridgehead atoms. The second-order valence-electron chi connectivity index (χ2n) is 9.30. The van der Waals surface area contributed by atoms with Crippen LogP contribution in [0.5, 0.6) is 11.5 Å². The highest BCUT2D eigenvalue weighted by molar-refractivity contribution is 5.78. The summed E-state index contributed by atoms with van der Waals surface area (Å²) in [6, 6.07) is 6.17. The van der Waals surface area contributed by atoms with Crippen molar-refractivity contribution in [3.63, 3.8) is 0 Å². The zero-order valence-electron chi connectivity index (χ0n) is 20.6. The van der Waals surface area contributed by atoms with E-state index in [4.69, 9.17) is 14.0 Å². The van der Waals surface area contributed by atoms with Crippen molar-refractivity contribution in [2.24, 2.45) is 5.92 Å². The van der Waals surface area contributed by atoms with Crippen LogP contribution < -0.4 is 14.8 Å². The Morgan fingerprint density at radius 1 is 1.12 bits per heavy atom. The van der Waals surface area contributed by atoms with Gasteiger partial charge in [0, 0.05) is 30.6 Å². The average Bonchev–Trinajstić information content (AvgIpc) is 3.33. The van der Waals surface area contributed by atoms with E-state index in [9.17, 15) is 4.79 Å². The first-order chi connectivity index (χ1) is 16.6. The Morgan fingerprint density at radius 2 is 1.91 bits per heavy atom. The third kappa shape index (κ3) is 6.07. The Morgan fingerprint density at radius 3 is 2.65 bits per heavy atom. The van der Waals surface area contributed by atoms with Crippen LogP contribution in [0.3, 0.4) is 0 Å². The fourth-order valence-corrected chi connectivity index (χ4v) is 4.91. The number of ether oxygens (including phenoxy) is 2. The molecule has 186 valence electrons. The molecule has 0 saturated carbocycles. The highest BCUT2D eigenvalue weighted by atomic mass is 16.5. The van der Waals surface area contributed by atoms with Crippen molar-refractivity contribution in [3.05, 3.63) is 24.1 Å². The normalized spacial score (nSPS) is 20.3. The maximum atomic E-state index is 12.6. The van der Waals surface area contributed by atoms with E-state index in [2.05, 4.69) is 32.2 Å². The van der Waals surface area contributed by atoms with Gasteiger partial charge in [0.05, 0.1) is 20.8 Å². The van der Waals surface area contributed by atoms with Crippen molar-refractivity contribution in [1.82, 2.24) is 25.3 Å². The lowest BCUT2D eigenvalue weighted by molar-refractivity contribution is -0.126. The summed E-state index contributed by atoms with van der Waals surface area (Å²) in [4.78, 5) is 21.9. The summed E-state index contributed by atoms with van der Waals surface area (Å²) >= 11 is 0. The van der Waals surface area contributed by atoms with E-state index in [1.165, 1.54) is 19.3 Å². The predicted octanol–water partition coefficient (Wildman–Crippen LogP) is 2.96. The number of nitrogens with one attached hydrogen (secondary N) is 1. The molecular weight excluding hydrogens is 434 g/mol. The number of methoxy groups -OCH3 is 2. The van der Waals surface area contributed by atoms with E-state index in [0.717, 1.165) is 51.1 Å². The lowest BCUT2D eigenvalue weighted by Crippen LogP contribution is -2.45. The molecule has 1 amide bonds. The summed E-state index contributed by atoms with van der Waals surface area (Å²) in [6.07, 6.45) is 5.56. The van der Waals surface area contributed by atoms with Gasteiger partial charge in [0.25, 0.3) is 0 Å². The van der Waals surface area contributed by atoms with Gasteiger partial charge in [-0.2, -0.15) is 4.98 Å². The van der Waals surface area contributed by atoms with Gasteiger partial charge in [-0.25, -0.2) is 0 Å². The fourth-order valence-electron chi connectivity index (χ4n) is 4.91. The number of hydrogen-bond acceptors (Lipinski definition) is 8. The van der Waals surface area contributed by atoms with Gasteiger partial charge in [-0.1, -0.05) is 11.6 Å². The number of piperidine rings is 2. The van der Waals surface area contributed by atoms with Crippen LogP contribution in [0.25, 0.3) is 11.4 Å². The van der Waals surface area contributed by atoms with Crippen molar-refractivity contribution in [3.8, 4) is 22.9 Å². The van der Waals surface area contributed by atoms with E-state index in [1.54, 1.807) is 14.2 Å². The summed E-state index contributed by atoms with van der Waals surface area (Å²) < 4.78 is 16.1. The smallest absolute Gasteiger partial charge is 0.241 e. The lowest BCUT2D eigenvalue weighted by Gasteiger charge is -2.34. The SMILES string of the molecule is COc1ccc(-c2noc(CN3CCC(C(=O)NCCN4CCCCC4C)CC3)n2)cc1OC. The van der Waals surface area contributed by atoms with E-state index in [-0.39, 0.29) is 11.8 Å². The monoisotopic (exact) mass is 471 g/mol. The lowest BCUT2D eigenvalue weighted by atomic mass is 9.96. The van der Waals surface area contributed by atoms with Crippen LogP contribution in [0.2, 0.25) is 0 Å². The molecule has 4 rings (SSSR count). The van der Waals surface area contributed by atoms with Crippen LogP contribution in [-0.4, -0.2) is 78.8 Å². The summed E-state index contributed by atoms with van der Waals surface area (Å²) in [5, 5.41) is 7.29. The summed E-state index contributed by atoms with van der Waals surface area (Å²) in [7, 11) is 3.20. The zero-order chi connectivity index (χ0) is 23.9. The van der Waals surface area contributed by atoms with Crippen molar-refractivity contribution < 1.29 is 18.8 Å². The Kier molecular flexibility index (Phi) is 8.39. The van der Waals surface area contributed by atoms with Crippen LogP contribution in [-0.2, 0) is 11.3 Å². The molecule has 34 heavy (non-hydrogen) atoms. The first-order valence-electron chi connectivity index (χ1n) is 12.4. The number of amides is 1. The van der Waals surface area contributed by atoms with Crippen molar-refractivity contribution >= 4 is 5.91 Å². The van der Waals surface area contributed by atoms with Gasteiger partial charge in [-0.3, -0.25) is 14.6 Å². The molecule has 1 aromatic carbocycles. The Hall–Kier alpha value is -2.65. The highest BCUT2D eigenvalue weighted by Gasteiger charge is 2.26. The van der Waals surface area contributed by atoms with Crippen LogP contribution >= 0.6 is 0 Å². The van der Waals surface area contributed by atoms with Gasteiger partial charge in [0.15, 0.2) is 11.5 Å². The van der Waals surface area contributed by atoms with Gasteiger partial charge in [0.1, 0.15) is 0 Å². The first-order valence-corrected chi connectivity index (χ1v) is 12.4. The molecule has 2 aliphatic rings. The molecule has 2 aliphatic heterocycles. The predicted molar refractivity (Wildman–Crippen MR) is 129 cm³/mol. The molecule has 1 N–H and O–H groups in total. The van der Waals surface area contributed by atoms with Crippen molar-refractivity contribution in [2.75, 3.05) is 46.9 Å². The third-order valence-electron chi connectivity index (χ3n) is 7.07. The molecule has 2 fully saturated rings. The second kappa shape index (κ2) is 11.7. The molecular formula is C25H37N5O4. The summed E-state index contributed by atoms with van der Waals surface area (Å²) in [5.74, 6) is 2.65. The minimum atomic E-state index is 0.0834. The van der Waals surface area contributed by atoms with Gasteiger partial charge < -0.3 is 19.3 Å². The average molecular weight is 472 g/mol. The Bertz CT molecular complexity index is 941. The number of nitrogens with zero attached hydrogens (tertiary/aromatic N) is 4. The Labute approximate surface area is 201 Å². The molecule has 2 aromatic rings. The molecule has 2 saturated heterocycles. The summed E-state index contributed by atoms with van der Waals surface area (Å²) in [5.41, 5.74) is 0.807. The van der Waals surface area contributed by atoms with Gasteiger partial charge in [-0.15, -0.1) is 0 Å². The minimum Gasteiger partial charge on any atom is -0.493 e. The van der Waals surface area contributed by atoms with Gasteiger partial charge in [0.2, 0.25) is 17.6 Å². The van der Waals surface area contributed by atoms with E-state index >= 15 is 0 Å². The number of aromatic nitrogens is 2. The number of carbonyl (C=O) groups excluding carboxylic acids is 1. The van der Waals surface area contributed by atoms with Crippen LogP contribution in [0.1, 0.15) is 44.9 Å². The molecule has 0 aliphatic carbocycles. The van der Waals surface area contributed by atoms with E-state index in [1.807, 2.05) is 18.2 Å². The molecule has 3 heterocycles. The van der Waals surface area contributed by atoms with Crippen LogP contribution in [0.4, 0.5) is 0 Å². The van der Waals surface area contributed by atoms with E-state index in [0.29, 0.717) is 35.8 Å². The van der Waals surface area contributed by atoms with Gasteiger partial charge in [-0.05, 0) is 70.4 Å². The second-order valence-corrected chi connectivity index (χ2v) is 9.30. The molecule has 0 radical (unpaired) electrons. The maximum absolute atomic E-state index is 12.6. The standard InChI is InChI=1S/C25H37N5O4/c1-18-6-4-5-12-30(18)15-11-26-25(31)19-9-13-29(14-10-19)17-23-27-24(28-34-23)20-7-8-21(32-2)22(16-20)33-3/h7-8,16,18-19H,4-6,9-15,17H2,1-3H3,(H,26,31). The van der Waals surface area contributed by atoms with Crippen LogP contribution in [0, 0.1) is 5.92 Å². The quantitative estimate of drug-likeness (QED) is 0.597. The molecule has 9 nitrogen and oxygen atoms in total. The maximum Gasteiger partial charge on any atom is 0.241 e. The zero-order valence-corrected chi connectivity index (χ0v) is 20.6.